The number of aromatic amines is 3. The van der Waals surface area contributed by atoms with E-state index < -0.39 is 0 Å². The van der Waals surface area contributed by atoms with Crippen molar-refractivity contribution in [1.29, 1.82) is 0 Å². The average molecular weight is 467 g/mol. The largest absolute Gasteiger partial charge is 0.335 e. The van der Waals surface area contributed by atoms with Crippen LogP contribution in [0.1, 0.15) is 11.4 Å². The third-order valence-corrected chi connectivity index (χ3v) is 6.59. The number of rotatable bonds is 3. The molecule has 36 heavy (non-hydrogen) atoms. The van der Waals surface area contributed by atoms with Crippen molar-refractivity contribution in [3.8, 4) is 11.6 Å². The SMILES string of the molecule is C1=CC2N=C(c3nc4ccccc4[nH]3)N=C2C=C1c1ccc2nc(-c3nc4ccccc4[nH]3)[nH]c2c1. The third-order valence-electron chi connectivity index (χ3n) is 6.59. The molecule has 4 heterocycles. The molecule has 6 aromatic rings. The highest BCUT2D eigenvalue weighted by atomic mass is 15.1. The second kappa shape index (κ2) is 7.19. The van der Waals surface area contributed by atoms with Gasteiger partial charge in [-0.3, -0.25) is 0 Å². The summed E-state index contributed by atoms with van der Waals surface area (Å²) in [5, 5.41) is 0. The van der Waals surface area contributed by atoms with Crippen molar-refractivity contribution < 1.29 is 0 Å². The van der Waals surface area contributed by atoms with Crippen LogP contribution < -0.4 is 0 Å². The molecule has 3 aromatic carbocycles. The number of aromatic nitrogens is 6. The number of hydrogen-bond donors (Lipinski definition) is 3. The molecule has 8 nitrogen and oxygen atoms in total. The van der Waals surface area contributed by atoms with Gasteiger partial charge in [0.1, 0.15) is 6.04 Å². The minimum Gasteiger partial charge on any atom is -0.335 e. The van der Waals surface area contributed by atoms with Crippen molar-refractivity contribution in [2.45, 2.75) is 6.04 Å². The fourth-order valence-electron chi connectivity index (χ4n) is 4.80. The molecule has 0 saturated heterocycles. The lowest BCUT2D eigenvalue weighted by atomic mass is 9.96. The number of fused-ring (bicyclic) bond motifs is 4. The molecule has 8 heteroatoms. The fourth-order valence-corrected chi connectivity index (χ4v) is 4.80. The lowest BCUT2D eigenvalue weighted by Gasteiger charge is -2.11. The second-order valence-corrected chi connectivity index (χ2v) is 8.92. The van der Waals surface area contributed by atoms with E-state index in [0.29, 0.717) is 11.7 Å². The monoisotopic (exact) mass is 466 g/mol. The molecule has 0 fully saturated rings. The summed E-state index contributed by atoms with van der Waals surface area (Å²) in [6, 6.07) is 22.0. The summed E-state index contributed by atoms with van der Waals surface area (Å²) in [4.78, 5) is 33.7. The molecule has 0 amide bonds. The molecule has 1 aliphatic carbocycles. The Labute approximate surface area is 204 Å². The van der Waals surface area contributed by atoms with Gasteiger partial charge in [0, 0.05) is 0 Å². The number of amidine groups is 1. The van der Waals surface area contributed by atoms with Crippen LogP contribution in [0.4, 0.5) is 0 Å². The Hall–Kier alpha value is -5.11. The first-order valence-corrected chi connectivity index (χ1v) is 11.7. The van der Waals surface area contributed by atoms with Crippen molar-refractivity contribution in [2.75, 3.05) is 0 Å². The van der Waals surface area contributed by atoms with E-state index in [4.69, 9.17) is 15.0 Å². The van der Waals surface area contributed by atoms with Crippen LogP contribution in [0.25, 0.3) is 50.3 Å². The Bertz CT molecular complexity index is 1890. The van der Waals surface area contributed by atoms with Crippen LogP contribution in [-0.4, -0.2) is 47.5 Å². The number of aliphatic imine (C=N–C) groups is 2. The molecule has 1 aliphatic heterocycles. The van der Waals surface area contributed by atoms with Gasteiger partial charge in [0.25, 0.3) is 0 Å². The van der Waals surface area contributed by atoms with Crippen LogP contribution in [0.3, 0.4) is 0 Å². The zero-order valence-corrected chi connectivity index (χ0v) is 18.9. The average Bonchev–Trinajstić information content (AvgIpc) is 3.69. The van der Waals surface area contributed by atoms with Gasteiger partial charge >= 0.3 is 0 Å². The van der Waals surface area contributed by atoms with Gasteiger partial charge in [0.2, 0.25) is 0 Å². The summed E-state index contributed by atoms with van der Waals surface area (Å²) in [7, 11) is 0. The number of nitrogens with one attached hydrogen (secondary N) is 3. The number of para-hydroxylation sites is 4. The van der Waals surface area contributed by atoms with E-state index in [2.05, 4.69) is 55.3 Å². The summed E-state index contributed by atoms with van der Waals surface area (Å²) >= 11 is 0. The number of imidazole rings is 3. The molecule has 0 bridgehead atoms. The Balaban J connectivity index is 1.12. The molecule has 1 unspecified atom stereocenters. The van der Waals surface area contributed by atoms with Crippen LogP contribution in [0, 0.1) is 0 Å². The van der Waals surface area contributed by atoms with E-state index in [9.17, 15) is 0 Å². The van der Waals surface area contributed by atoms with E-state index in [1.807, 2.05) is 54.6 Å². The van der Waals surface area contributed by atoms with E-state index >= 15 is 0 Å². The fraction of sp³-hybridized carbons (Fsp3) is 0.0357. The first kappa shape index (κ1) is 19.2. The maximum Gasteiger partial charge on any atom is 0.192 e. The topological polar surface area (TPSA) is 111 Å². The van der Waals surface area contributed by atoms with Gasteiger partial charge in [-0.15, -0.1) is 0 Å². The quantitative estimate of drug-likeness (QED) is 0.333. The third kappa shape index (κ3) is 2.98. The number of allylic oxidation sites excluding steroid dienone is 2. The van der Waals surface area contributed by atoms with Crippen molar-refractivity contribution in [1.82, 2.24) is 29.9 Å². The van der Waals surface area contributed by atoms with Crippen LogP contribution in [0.2, 0.25) is 0 Å². The van der Waals surface area contributed by atoms with Crippen molar-refractivity contribution in [2.24, 2.45) is 9.98 Å². The zero-order valence-electron chi connectivity index (χ0n) is 18.9. The summed E-state index contributed by atoms with van der Waals surface area (Å²) < 4.78 is 0. The van der Waals surface area contributed by atoms with Crippen LogP contribution in [0.15, 0.2) is 94.9 Å². The highest BCUT2D eigenvalue weighted by Gasteiger charge is 2.25. The van der Waals surface area contributed by atoms with Gasteiger partial charge in [0.15, 0.2) is 23.3 Å². The lowest BCUT2D eigenvalue weighted by Crippen LogP contribution is -2.13. The second-order valence-electron chi connectivity index (χ2n) is 8.92. The maximum absolute atomic E-state index is 4.79. The molecule has 3 N–H and O–H groups in total. The van der Waals surface area contributed by atoms with Crippen LogP contribution in [-0.2, 0) is 0 Å². The predicted molar refractivity (Wildman–Crippen MR) is 142 cm³/mol. The summed E-state index contributed by atoms with van der Waals surface area (Å²) in [6.07, 6.45) is 6.29. The first-order valence-electron chi connectivity index (χ1n) is 11.7. The highest BCUT2D eigenvalue weighted by Crippen LogP contribution is 2.28. The molecular weight excluding hydrogens is 448 g/mol. The number of nitrogens with zero attached hydrogens (tertiary/aromatic N) is 5. The Kier molecular flexibility index (Phi) is 3.84. The van der Waals surface area contributed by atoms with Gasteiger partial charge < -0.3 is 15.0 Å². The smallest absolute Gasteiger partial charge is 0.192 e. The highest BCUT2D eigenvalue weighted by molar-refractivity contribution is 6.20. The number of H-pyrrole nitrogens is 3. The van der Waals surface area contributed by atoms with Crippen molar-refractivity contribution >= 4 is 50.2 Å². The van der Waals surface area contributed by atoms with Crippen molar-refractivity contribution in [3.63, 3.8) is 0 Å². The maximum atomic E-state index is 4.79. The summed E-state index contributed by atoms with van der Waals surface area (Å²) in [5.41, 5.74) is 8.71. The van der Waals surface area contributed by atoms with Gasteiger partial charge in [-0.1, -0.05) is 42.5 Å². The molecule has 1 atom stereocenters. The molecule has 0 radical (unpaired) electrons. The predicted octanol–water partition coefficient (Wildman–Crippen LogP) is 5.21. The molecule has 170 valence electrons. The Morgan fingerprint density at radius 2 is 1.28 bits per heavy atom. The summed E-state index contributed by atoms with van der Waals surface area (Å²) in [5.74, 6) is 2.77. The molecule has 8 rings (SSSR count). The van der Waals surface area contributed by atoms with Gasteiger partial charge in [-0.2, -0.15) is 0 Å². The Morgan fingerprint density at radius 3 is 2.03 bits per heavy atom. The van der Waals surface area contributed by atoms with Gasteiger partial charge in [-0.25, -0.2) is 24.9 Å². The molecule has 0 spiro atoms. The zero-order chi connectivity index (χ0) is 23.6. The minimum absolute atomic E-state index is 0.0902. The standard InChI is InChI=1S/C28H18N8/c1-2-6-18-17(5-1)29-25(30-18)27-33-21-11-9-15(13-23(21)35-27)16-10-12-22-24(14-16)36-28(34-22)26-31-19-7-3-4-8-20(19)32-26/h1-14,21H,(H,29,30)(H,31,32)(H,34,36). The molecule has 2 aliphatic rings. The molecular formula is C28H18N8. The van der Waals surface area contributed by atoms with Gasteiger partial charge in [-0.05, 0) is 53.6 Å². The summed E-state index contributed by atoms with van der Waals surface area (Å²) in [6.45, 7) is 0. The molecule has 0 saturated carbocycles. The van der Waals surface area contributed by atoms with E-state index in [-0.39, 0.29) is 6.04 Å². The normalized spacial score (nSPS) is 17.0. The molecule has 3 aromatic heterocycles. The Morgan fingerprint density at radius 1 is 0.639 bits per heavy atom. The van der Waals surface area contributed by atoms with Crippen LogP contribution >= 0.6 is 0 Å². The van der Waals surface area contributed by atoms with Crippen molar-refractivity contribution in [3.05, 3.63) is 96.3 Å². The van der Waals surface area contributed by atoms with Gasteiger partial charge in [0.05, 0.1) is 38.8 Å². The van der Waals surface area contributed by atoms with E-state index in [0.717, 1.165) is 61.6 Å². The first-order chi connectivity index (χ1) is 17.8. The van der Waals surface area contributed by atoms with E-state index in [1.54, 1.807) is 0 Å². The number of benzene rings is 3. The minimum atomic E-state index is -0.0902. The lowest BCUT2D eigenvalue weighted by molar-refractivity contribution is 1.10. The van der Waals surface area contributed by atoms with Crippen LogP contribution in [0.5, 0.6) is 0 Å². The number of hydrogen-bond acceptors (Lipinski definition) is 5. The van der Waals surface area contributed by atoms with E-state index in [1.165, 1.54) is 0 Å².